The van der Waals surface area contributed by atoms with Crippen LogP contribution in [0.2, 0.25) is 0 Å². The molecular formula is C21H28N2O5. The highest BCUT2D eigenvalue weighted by Gasteiger charge is 2.41. The van der Waals surface area contributed by atoms with Crippen molar-refractivity contribution < 1.29 is 23.9 Å². The molecular weight excluding hydrogens is 360 g/mol. The lowest BCUT2D eigenvalue weighted by Gasteiger charge is -2.21. The molecule has 1 aromatic rings. The van der Waals surface area contributed by atoms with Gasteiger partial charge in [0.25, 0.3) is 17.7 Å². The lowest BCUT2D eigenvalue weighted by atomic mass is 10.0. The van der Waals surface area contributed by atoms with Gasteiger partial charge in [-0.3, -0.25) is 19.3 Å². The number of ether oxygens (including phenoxy) is 1. The summed E-state index contributed by atoms with van der Waals surface area (Å²) in [5.41, 5.74) is 0.528. The second-order valence-corrected chi connectivity index (χ2v) is 7.60. The molecule has 1 heterocycles. The number of esters is 1. The van der Waals surface area contributed by atoms with E-state index < -0.39 is 36.3 Å². The highest BCUT2D eigenvalue weighted by Crippen LogP contribution is 2.24. The third-order valence-corrected chi connectivity index (χ3v) is 4.73. The van der Waals surface area contributed by atoms with Crippen molar-refractivity contribution in [1.29, 1.82) is 0 Å². The Kier molecular flexibility index (Phi) is 7.31. The Bertz CT molecular complexity index is 724. The maximum absolute atomic E-state index is 12.4. The Morgan fingerprint density at radius 3 is 2.11 bits per heavy atom. The third kappa shape index (κ3) is 5.18. The van der Waals surface area contributed by atoms with Crippen molar-refractivity contribution in [3.63, 3.8) is 0 Å². The fourth-order valence-electron chi connectivity index (χ4n) is 3.14. The zero-order valence-corrected chi connectivity index (χ0v) is 16.9. The van der Waals surface area contributed by atoms with Crippen LogP contribution < -0.4 is 5.32 Å². The van der Waals surface area contributed by atoms with Crippen molar-refractivity contribution >= 4 is 23.7 Å². The molecule has 1 aliphatic rings. The maximum atomic E-state index is 12.4. The summed E-state index contributed by atoms with van der Waals surface area (Å²) in [6.07, 6.45) is 2.95. The number of benzene rings is 1. The summed E-state index contributed by atoms with van der Waals surface area (Å²) in [6.45, 7) is 7.18. The molecule has 28 heavy (non-hydrogen) atoms. The summed E-state index contributed by atoms with van der Waals surface area (Å²) >= 11 is 0. The van der Waals surface area contributed by atoms with E-state index in [-0.39, 0.29) is 17.2 Å². The molecule has 7 heteroatoms. The number of amides is 3. The first kappa shape index (κ1) is 21.6. The van der Waals surface area contributed by atoms with E-state index in [2.05, 4.69) is 19.2 Å². The molecule has 0 fully saturated rings. The minimum absolute atomic E-state index is 0.0152. The Balaban J connectivity index is 1.82. The van der Waals surface area contributed by atoms with E-state index in [9.17, 15) is 19.2 Å². The van der Waals surface area contributed by atoms with Gasteiger partial charge >= 0.3 is 5.97 Å². The first-order chi connectivity index (χ1) is 13.2. The normalized spacial score (nSPS) is 15.4. The Morgan fingerprint density at radius 1 is 1.00 bits per heavy atom. The molecule has 0 saturated carbocycles. The average Bonchev–Trinajstić information content (AvgIpc) is 2.90. The predicted octanol–water partition coefficient (Wildman–Crippen LogP) is 2.55. The van der Waals surface area contributed by atoms with Gasteiger partial charge in [-0.2, -0.15) is 0 Å². The molecule has 0 radical (unpaired) electrons. The van der Waals surface area contributed by atoms with Gasteiger partial charge in [-0.05, 0) is 38.3 Å². The summed E-state index contributed by atoms with van der Waals surface area (Å²) < 4.78 is 5.02. The summed E-state index contributed by atoms with van der Waals surface area (Å²) in [6, 6.07) is 5.28. The number of hydrogen-bond donors (Lipinski definition) is 1. The van der Waals surface area contributed by atoms with Crippen LogP contribution in [0.4, 0.5) is 0 Å². The second-order valence-electron chi connectivity index (χ2n) is 7.60. The van der Waals surface area contributed by atoms with Gasteiger partial charge in [-0.1, -0.05) is 38.8 Å². The van der Waals surface area contributed by atoms with Crippen LogP contribution in [0.15, 0.2) is 24.3 Å². The molecule has 0 spiro atoms. The molecule has 1 aromatic carbocycles. The van der Waals surface area contributed by atoms with Crippen molar-refractivity contribution in [3.8, 4) is 0 Å². The topological polar surface area (TPSA) is 92.8 Å². The van der Waals surface area contributed by atoms with Gasteiger partial charge in [0.1, 0.15) is 6.04 Å². The summed E-state index contributed by atoms with van der Waals surface area (Å²) in [5, 5.41) is 2.79. The van der Waals surface area contributed by atoms with Gasteiger partial charge in [0.05, 0.1) is 11.1 Å². The van der Waals surface area contributed by atoms with Crippen LogP contribution in [0, 0.1) is 5.92 Å². The van der Waals surface area contributed by atoms with E-state index in [1.165, 1.54) is 6.92 Å². The molecule has 2 rings (SSSR count). The van der Waals surface area contributed by atoms with Crippen LogP contribution in [0.25, 0.3) is 0 Å². The van der Waals surface area contributed by atoms with Gasteiger partial charge in [0, 0.05) is 6.04 Å². The molecule has 7 nitrogen and oxygen atoms in total. The molecule has 0 bridgehead atoms. The Hall–Kier alpha value is -2.70. The van der Waals surface area contributed by atoms with E-state index in [1.807, 2.05) is 6.92 Å². The first-order valence-electron chi connectivity index (χ1n) is 9.65. The lowest BCUT2D eigenvalue weighted by molar-refractivity contribution is -0.152. The monoisotopic (exact) mass is 388 g/mol. The van der Waals surface area contributed by atoms with E-state index in [4.69, 9.17) is 4.74 Å². The molecule has 1 N–H and O–H groups in total. The maximum Gasteiger partial charge on any atom is 0.329 e. The number of fused-ring (bicyclic) bond motifs is 1. The van der Waals surface area contributed by atoms with Crippen molar-refractivity contribution in [2.45, 2.75) is 59.0 Å². The molecule has 2 atom stereocenters. The van der Waals surface area contributed by atoms with E-state index in [0.29, 0.717) is 5.92 Å². The smallest absolute Gasteiger partial charge is 0.329 e. The van der Waals surface area contributed by atoms with Crippen molar-refractivity contribution in [1.82, 2.24) is 10.2 Å². The van der Waals surface area contributed by atoms with Crippen molar-refractivity contribution in [2.75, 3.05) is 6.61 Å². The van der Waals surface area contributed by atoms with Crippen LogP contribution in [0.3, 0.4) is 0 Å². The SMILES string of the molecule is CC(C)CCC[C@H](C)NC(=O)COC(=O)[C@H](C)N1C(=O)c2ccccc2C1=O. The molecule has 0 unspecified atom stereocenters. The average molecular weight is 388 g/mol. The standard InChI is InChI=1S/C21H28N2O5/c1-13(2)8-7-9-14(3)22-18(24)12-28-21(27)15(4)23-19(25)16-10-5-6-11-17(16)20(23)26/h5-6,10-11,13-15H,7-9,12H2,1-4H3,(H,22,24)/t14-,15-/m0/s1. The highest BCUT2D eigenvalue weighted by molar-refractivity contribution is 6.22. The quantitative estimate of drug-likeness (QED) is 0.518. The van der Waals surface area contributed by atoms with Crippen molar-refractivity contribution in [3.05, 3.63) is 35.4 Å². The number of nitrogens with zero attached hydrogens (tertiary/aromatic N) is 1. The van der Waals surface area contributed by atoms with Gasteiger partial charge in [0.15, 0.2) is 6.61 Å². The fourth-order valence-corrected chi connectivity index (χ4v) is 3.14. The fraction of sp³-hybridized carbons (Fsp3) is 0.524. The second kappa shape index (κ2) is 9.48. The van der Waals surface area contributed by atoms with Crippen LogP contribution in [0.1, 0.15) is 67.7 Å². The summed E-state index contributed by atoms with van der Waals surface area (Å²) in [7, 11) is 0. The van der Waals surface area contributed by atoms with Crippen LogP contribution >= 0.6 is 0 Å². The molecule has 3 amide bonds. The van der Waals surface area contributed by atoms with Crippen LogP contribution in [-0.2, 0) is 14.3 Å². The summed E-state index contributed by atoms with van der Waals surface area (Å²) in [5.74, 6) is -1.65. The van der Waals surface area contributed by atoms with Gasteiger partial charge in [-0.25, -0.2) is 4.79 Å². The molecule has 0 aromatic heterocycles. The third-order valence-electron chi connectivity index (χ3n) is 4.73. The van der Waals surface area contributed by atoms with Crippen LogP contribution in [0.5, 0.6) is 0 Å². The minimum atomic E-state index is -1.11. The largest absolute Gasteiger partial charge is 0.454 e. The van der Waals surface area contributed by atoms with E-state index in [0.717, 1.165) is 24.2 Å². The Labute approximate surface area is 165 Å². The zero-order chi connectivity index (χ0) is 20.8. The minimum Gasteiger partial charge on any atom is -0.454 e. The predicted molar refractivity (Wildman–Crippen MR) is 104 cm³/mol. The number of rotatable bonds is 9. The van der Waals surface area contributed by atoms with Crippen molar-refractivity contribution in [2.24, 2.45) is 5.92 Å². The van der Waals surface area contributed by atoms with Gasteiger partial charge < -0.3 is 10.1 Å². The molecule has 152 valence electrons. The molecule has 1 aliphatic heterocycles. The lowest BCUT2D eigenvalue weighted by Crippen LogP contribution is -2.45. The highest BCUT2D eigenvalue weighted by atomic mass is 16.5. The molecule has 0 saturated heterocycles. The Morgan fingerprint density at radius 2 is 1.57 bits per heavy atom. The zero-order valence-electron chi connectivity index (χ0n) is 16.9. The number of imide groups is 1. The number of hydrogen-bond acceptors (Lipinski definition) is 5. The number of nitrogens with one attached hydrogen (secondary N) is 1. The van der Waals surface area contributed by atoms with Gasteiger partial charge in [0.2, 0.25) is 0 Å². The van der Waals surface area contributed by atoms with E-state index >= 15 is 0 Å². The van der Waals surface area contributed by atoms with Crippen LogP contribution in [-0.4, -0.2) is 47.3 Å². The summed E-state index contributed by atoms with van der Waals surface area (Å²) in [4.78, 5) is 49.9. The number of carbonyl (C=O) groups is 4. The molecule has 0 aliphatic carbocycles. The first-order valence-corrected chi connectivity index (χ1v) is 9.65. The number of carbonyl (C=O) groups excluding carboxylic acids is 4. The van der Waals surface area contributed by atoms with E-state index in [1.54, 1.807) is 24.3 Å². The van der Waals surface area contributed by atoms with Gasteiger partial charge in [-0.15, -0.1) is 0 Å².